The fourth-order valence-corrected chi connectivity index (χ4v) is 10.4. The first-order valence-electron chi connectivity index (χ1n) is 19.3. The summed E-state index contributed by atoms with van der Waals surface area (Å²) in [6, 6.07) is 22.1. The molecule has 0 fully saturated rings. The molecule has 0 aromatic heterocycles. The number of fused-ring (bicyclic) bond motifs is 13. The molecule has 11 nitrogen and oxygen atoms in total. The molecule has 6 aromatic rings. The average molecular weight is 820 g/mol. The van der Waals surface area contributed by atoms with E-state index in [2.05, 4.69) is 67.3 Å². The molecule has 58 heavy (non-hydrogen) atoms. The monoisotopic (exact) mass is 819 g/mol. The number of unbranched alkanes of at least 4 members (excludes halogenated alkanes) is 1. The second-order valence-corrected chi connectivity index (χ2v) is 19.1. The summed E-state index contributed by atoms with van der Waals surface area (Å²) >= 11 is 0.896. The van der Waals surface area contributed by atoms with Crippen LogP contribution in [0.4, 0.5) is 5.69 Å². The maximum atomic E-state index is 12.5. The third-order valence-corrected chi connectivity index (χ3v) is 13.3. The van der Waals surface area contributed by atoms with Crippen LogP contribution in [0.5, 0.6) is 11.5 Å². The van der Waals surface area contributed by atoms with Gasteiger partial charge in [-0.15, -0.1) is 4.33 Å². The molecule has 0 amide bonds. The number of anilines is 1. The highest BCUT2D eigenvalue weighted by molar-refractivity contribution is 7.94. The molecule has 3 heterocycles. The number of carbonyl (C=O) groups is 1. The predicted octanol–water partition coefficient (Wildman–Crippen LogP) is 8.33. The number of ether oxygens (including phenoxy) is 1. The van der Waals surface area contributed by atoms with Crippen LogP contribution < -0.4 is 24.8 Å². The number of rotatable bonds is 10. The van der Waals surface area contributed by atoms with Gasteiger partial charge < -0.3 is 14.7 Å². The van der Waals surface area contributed by atoms with Gasteiger partial charge in [-0.25, -0.2) is 14.6 Å². The molecule has 0 saturated heterocycles. The summed E-state index contributed by atoms with van der Waals surface area (Å²) in [5.41, 5.74) is 4.33. The van der Waals surface area contributed by atoms with Gasteiger partial charge >= 0.3 is 5.97 Å². The van der Waals surface area contributed by atoms with Crippen LogP contribution in [0.25, 0.3) is 38.4 Å². The number of hydrogen-bond acceptors (Lipinski definition) is 9. The smallest absolute Gasteiger partial charge is 0.335 e. The van der Waals surface area contributed by atoms with Crippen molar-refractivity contribution in [2.75, 3.05) is 24.5 Å². The van der Waals surface area contributed by atoms with Crippen molar-refractivity contribution in [3.05, 3.63) is 111 Å². The Labute approximate surface area is 339 Å². The second-order valence-electron chi connectivity index (χ2n) is 16.9. The first-order chi connectivity index (χ1) is 27.6. The lowest BCUT2D eigenvalue weighted by atomic mass is 9.80. The van der Waals surface area contributed by atoms with E-state index in [0.717, 1.165) is 125 Å². The molecule has 9 rings (SSSR count). The van der Waals surface area contributed by atoms with E-state index in [1.807, 2.05) is 30.3 Å². The van der Waals surface area contributed by atoms with E-state index in [1.54, 1.807) is 24.3 Å². The Bertz CT molecular complexity index is 3000. The molecular weight excluding hydrogens is 777 g/mol. The molecule has 0 bridgehead atoms. The van der Waals surface area contributed by atoms with Crippen molar-refractivity contribution < 1.29 is 42.2 Å². The zero-order valence-electron chi connectivity index (χ0n) is 32.8. The lowest BCUT2D eigenvalue weighted by Crippen LogP contribution is -2.30. The van der Waals surface area contributed by atoms with Crippen molar-refractivity contribution in [2.24, 2.45) is 0 Å². The van der Waals surface area contributed by atoms with E-state index in [1.165, 1.54) is 6.07 Å². The molecular formula is C45H43N2O9S2+. The fraction of sp³-hybridized carbons (Fsp3) is 0.289. The minimum Gasteiger partial charge on any atom is -0.478 e. The van der Waals surface area contributed by atoms with Crippen LogP contribution in [0, 0.1) is 0 Å². The largest absolute Gasteiger partial charge is 0.478 e. The van der Waals surface area contributed by atoms with Gasteiger partial charge in [0.15, 0.2) is 13.1 Å². The standard InChI is InChI=1S/C45H42N2O9S2/c1-6-7-16-46-23-44(2,3)37-39(46)34-20-30(58(51,52)53)14-15-31(34)35-21-36-32-18-27-12-13-29(57-56-55-50)17-28(27)19-33(32)40-38(42(36)54-41(35)37)45(4,5)24-47(40)22-25-8-10-26(11-9-25)43(48)49/h8-15,17-21H,6-7,16,22-24H2,1-5H3,(H2-,48,49,50,51,52,53)/p+1. The van der Waals surface area contributed by atoms with Gasteiger partial charge in [0, 0.05) is 50.7 Å². The zero-order chi connectivity index (χ0) is 40.9. The third kappa shape index (κ3) is 6.23. The molecule has 6 aromatic carbocycles. The fourth-order valence-electron chi connectivity index (χ4n) is 9.49. The van der Waals surface area contributed by atoms with E-state index in [-0.39, 0.29) is 21.3 Å². The summed E-state index contributed by atoms with van der Waals surface area (Å²) in [4.78, 5) is 14.6. The highest BCUT2D eigenvalue weighted by atomic mass is 32.2. The van der Waals surface area contributed by atoms with Gasteiger partial charge in [-0.2, -0.15) is 8.42 Å². The highest BCUT2D eigenvalue weighted by Crippen LogP contribution is 2.54. The first kappa shape index (κ1) is 38.5. The first-order valence-corrected chi connectivity index (χ1v) is 21.5. The summed E-state index contributed by atoms with van der Waals surface area (Å²) in [5, 5.41) is 29.7. The number of carboxylic acids is 1. The van der Waals surface area contributed by atoms with Crippen LogP contribution in [0.3, 0.4) is 0 Å². The molecule has 0 saturated carbocycles. The van der Waals surface area contributed by atoms with Gasteiger partial charge in [-0.3, -0.25) is 4.55 Å². The van der Waals surface area contributed by atoms with Gasteiger partial charge in [0.1, 0.15) is 11.5 Å². The van der Waals surface area contributed by atoms with Crippen LogP contribution in [-0.2, 0) is 36.9 Å². The zero-order valence-corrected chi connectivity index (χ0v) is 34.4. The summed E-state index contributed by atoms with van der Waals surface area (Å²) in [6.07, 6.45) is 4.15. The minimum atomic E-state index is -4.48. The normalized spacial score (nSPS) is 16.3. The highest BCUT2D eigenvalue weighted by Gasteiger charge is 2.45. The quantitative estimate of drug-likeness (QED) is 0.0306. The maximum Gasteiger partial charge on any atom is 0.335 e. The van der Waals surface area contributed by atoms with Crippen molar-refractivity contribution in [1.82, 2.24) is 4.58 Å². The number of hydrogen-bond donors (Lipinski definition) is 3. The van der Waals surface area contributed by atoms with Crippen LogP contribution in [0.2, 0.25) is 0 Å². The Balaban J connectivity index is 1.40. The molecule has 0 spiro atoms. The molecule has 298 valence electrons. The molecule has 0 aliphatic carbocycles. The van der Waals surface area contributed by atoms with Crippen LogP contribution in [-0.4, -0.2) is 48.9 Å². The summed E-state index contributed by atoms with van der Waals surface area (Å²) in [6.45, 7) is 13.7. The SMILES string of the molecule is CCCCN1CC(C)(C)c2c3c(c4ccc(S(=O)(=O)O)cc4c21)C=c1c(c2c(c4cc5cc(SOOO)ccc5cc14)=[N+](Cc1ccc(C(=O)O)cc1)CC2(C)C)O3. The Kier molecular flexibility index (Phi) is 9.15. The Morgan fingerprint density at radius 3 is 2.36 bits per heavy atom. The Hall–Kier alpha value is -5.02. The Morgan fingerprint density at radius 2 is 1.66 bits per heavy atom. The van der Waals surface area contributed by atoms with Gasteiger partial charge in [-0.1, -0.05) is 56.5 Å². The van der Waals surface area contributed by atoms with Gasteiger partial charge in [0.2, 0.25) is 5.36 Å². The van der Waals surface area contributed by atoms with Crippen LogP contribution in [0.15, 0.2) is 82.6 Å². The number of benzene rings is 6. The summed E-state index contributed by atoms with van der Waals surface area (Å²) in [7, 11) is -4.48. The van der Waals surface area contributed by atoms with E-state index in [0.29, 0.717) is 13.1 Å². The predicted molar refractivity (Wildman–Crippen MR) is 225 cm³/mol. The molecule has 13 heteroatoms. The van der Waals surface area contributed by atoms with Gasteiger partial charge in [0.05, 0.1) is 44.6 Å². The van der Waals surface area contributed by atoms with Crippen molar-refractivity contribution in [1.29, 1.82) is 0 Å². The number of aromatic carboxylic acids is 1. The van der Waals surface area contributed by atoms with E-state index in [4.69, 9.17) is 14.3 Å². The van der Waals surface area contributed by atoms with Crippen molar-refractivity contribution in [3.8, 4) is 11.5 Å². The summed E-state index contributed by atoms with van der Waals surface area (Å²) in [5.74, 6) is 0.565. The third-order valence-electron chi connectivity index (χ3n) is 11.9. The topological polar surface area (TPSA) is 146 Å². The molecule has 3 aliphatic rings. The number of nitrogens with zero attached hydrogens (tertiary/aromatic N) is 2. The second kappa shape index (κ2) is 13.8. The molecule has 3 aliphatic heterocycles. The van der Waals surface area contributed by atoms with E-state index < -0.39 is 16.1 Å². The molecule has 0 atom stereocenters. The van der Waals surface area contributed by atoms with Gasteiger partial charge in [0.25, 0.3) is 10.1 Å². The van der Waals surface area contributed by atoms with E-state index in [9.17, 15) is 22.9 Å². The number of carboxylic acid groups (broad SMARTS) is 1. The average Bonchev–Trinajstić information content (AvgIpc) is 3.62. The summed E-state index contributed by atoms with van der Waals surface area (Å²) < 4.78 is 49.9. The van der Waals surface area contributed by atoms with Gasteiger partial charge in [-0.05, 0) is 96.4 Å². The lowest BCUT2D eigenvalue weighted by Gasteiger charge is -2.28. The van der Waals surface area contributed by atoms with E-state index >= 15 is 0 Å². The Morgan fingerprint density at radius 1 is 0.897 bits per heavy atom. The van der Waals surface area contributed by atoms with Crippen molar-refractivity contribution in [2.45, 2.75) is 74.6 Å². The molecule has 0 radical (unpaired) electrons. The lowest BCUT2D eigenvalue weighted by molar-refractivity contribution is -0.432. The maximum absolute atomic E-state index is 12.5. The van der Waals surface area contributed by atoms with Crippen LogP contribution in [0.1, 0.15) is 80.1 Å². The van der Waals surface area contributed by atoms with Crippen molar-refractivity contribution >= 4 is 72.2 Å². The molecule has 0 unspecified atom stereocenters. The molecule has 3 N–H and O–H groups in total. The van der Waals surface area contributed by atoms with Crippen LogP contribution >= 0.6 is 12.0 Å². The van der Waals surface area contributed by atoms with Crippen molar-refractivity contribution in [3.63, 3.8) is 0 Å². The minimum absolute atomic E-state index is 0.151.